The zero-order valence-electron chi connectivity index (χ0n) is 10.2. The summed E-state index contributed by atoms with van der Waals surface area (Å²) in [6, 6.07) is 6.29. The second kappa shape index (κ2) is 7.01. The molecule has 0 heterocycles. The summed E-state index contributed by atoms with van der Waals surface area (Å²) in [6.07, 6.45) is 0.679. The lowest BCUT2D eigenvalue weighted by atomic mass is 10.1. The van der Waals surface area contributed by atoms with Crippen LogP contribution < -0.4 is 5.32 Å². The van der Waals surface area contributed by atoms with Crippen LogP contribution in [-0.4, -0.2) is 25.2 Å². The summed E-state index contributed by atoms with van der Waals surface area (Å²) in [4.78, 5) is 11.4. The fourth-order valence-corrected chi connectivity index (χ4v) is 1.54. The second-order valence-corrected chi connectivity index (χ2v) is 3.94. The van der Waals surface area contributed by atoms with Crippen molar-refractivity contribution in [3.63, 3.8) is 0 Å². The fraction of sp³-hybridized carbons (Fsp3) is 0.462. The Hall–Kier alpha value is -1.42. The quantitative estimate of drug-likeness (QED) is 0.823. The van der Waals surface area contributed by atoms with E-state index in [-0.39, 0.29) is 24.4 Å². The number of benzene rings is 1. The Morgan fingerprint density at radius 2 is 2.06 bits per heavy atom. The van der Waals surface area contributed by atoms with Crippen molar-refractivity contribution in [2.24, 2.45) is 0 Å². The minimum absolute atomic E-state index is 0.00779. The monoisotopic (exact) mass is 239 g/mol. The Morgan fingerprint density at radius 3 is 2.65 bits per heavy atom. The molecule has 0 saturated carbocycles. The summed E-state index contributed by atoms with van der Waals surface area (Å²) >= 11 is 0. The highest BCUT2D eigenvalue weighted by atomic mass is 19.1. The lowest BCUT2D eigenvalue weighted by Gasteiger charge is -2.13. The predicted octanol–water partition coefficient (Wildman–Crippen LogP) is 1.91. The number of ether oxygens (including phenoxy) is 1. The molecule has 1 amide bonds. The van der Waals surface area contributed by atoms with Crippen LogP contribution in [0.15, 0.2) is 24.3 Å². The number of amides is 1. The van der Waals surface area contributed by atoms with Crippen molar-refractivity contribution in [1.29, 1.82) is 0 Å². The van der Waals surface area contributed by atoms with Gasteiger partial charge in [0.25, 0.3) is 0 Å². The largest absolute Gasteiger partial charge is 0.372 e. The molecule has 0 saturated heterocycles. The van der Waals surface area contributed by atoms with Crippen molar-refractivity contribution in [3.8, 4) is 0 Å². The SMILES string of the molecule is CCOCC(=O)NC(C)Cc1ccc(F)cc1. The molecule has 94 valence electrons. The van der Waals surface area contributed by atoms with Crippen LogP contribution in [0.4, 0.5) is 4.39 Å². The van der Waals surface area contributed by atoms with E-state index in [9.17, 15) is 9.18 Å². The molecule has 1 rings (SSSR count). The van der Waals surface area contributed by atoms with Gasteiger partial charge in [0.15, 0.2) is 0 Å². The number of carbonyl (C=O) groups is 1. The summed E-state index contributed by atoms with van der Waals surface area (Å²) < 4.78 is 17.7. The van der Waals surface area contributed by atoms with Crippen LogP contribution in [0.25, 0.3) is 0 Å². The van der Waals surface area contributed by atoms with E-state index >= 15 is 0 Å². The van der Waals surface area contributed by atoms with E-state index in [1.165, 1.54) is 12.1 Å². The molecule has 0 bridgehead atoms. The molecule has 17 heavy (non-hydrogen) atoms. The predicted molar refractivity (Wildman–Crippen MR) is 64.2 cm³/mol. The van der Waals surface area contributed by atoms with Crippen molar-refractivity contribution in [3.05, 3.63) is 35.6 Å². The van der Waals surface area contributed by atoms with Crippen molar-refractivity contribution in [2.75, 3.05) is 13.2 Å². The molecule has 0 aliphatic rings. The number of hydrogen-bond donors (Lipinski definition) is 1. The van der Waals surface area contributed by atoms with E-state index in [1.54, 1.807) is 12.1 Å². The Labute approximate surface area is 101 Å². The van der Waals surface area contributed by atoms with Crippen molar-refractivity contribution < 1.29 is 13.9 Å². The number of halogens is 1. The van der Waals surface area contributed by atoms with Crippen LogP contribution in [0.3, 0.4) is 0 Å². The standard InChI is InChI=1S/C13H18FNO2/c1-3-17-9-13(16)15-10(2)8-11-4-6-12(14)7-5-11/h4-7,10H,3,8-9H2,1-2H3,(H,15,16). The first kappa shape index (κ1) is 13.6. The number of nitrogens with one attached hydrogen (secondary N) is 1. The van der Waals surface area contributed by atoms with Gasteiger partial charge in [-0.2, -0.15) is 0 Å². The number of carbonyl (C=O) groups excluding carboxylic acids is 1. The van der Waals surface area contributed by atoms with E-state index in [0.29, 0.717) is 13.0 Å². The van der Waals surface area contributed by atoms with Gasteiger partial charge in [-0.3, -0.25) is 4.79 Å². The molecule has 1 atom stereocenters. The summed E-state index contributed by atoms with van der Waals surface area (Å²) in [5, 5.41) is 2.82. The molecule has 0 aromatic heterocycles. The molecule has 1 aromatic rings. The lowest BCUT2D eigenvalue weighted by molar-refractivity contribution is -0.126. The van der Waals surface area contributed by atoms with Crippen LogP contribution in [-0.2, 0) is 16.0 Å². The van der Waals surface area contributed by atoms with Gasteiger partial charge < -0.3 is 10.1 Å². The Bertz CT molecular complexity index is 351. The van der Waals surface area contributed by atoms with Gasteiger partial charge in [0.2, 0.25) is 5.91 Å². The Kier molecular flexibility index (Phi) is 5.63. The van der Waals surface area contributed by atoms with Crippen LogP contribution in [0, 0.1) is 5.82 Å². The van der Waals surface area contributed by atoms with E-state index in [1.807, 2.05) is 13.8 Å². The maximum absolute atomic E-state index is 12.7. The molecule has 0 fully saturated rings. The zero-order valence-corrected chi connectivity index (χ0v) is 10.2. The van der Waals surface area contributed by atoms with Gasteiger partial charge in [0.05, 0.1) is 0 Å². The van der Waals surface area contributed by atoms with Crippen LogP contribution in [0.1, 0.15) is 19.4 Å². The first-order valence-electron chi connectivity index (χ1n) is 5.73. The topological polar surface area (TPSA) is 38.3 Å². The average molecular weight is 239 g/mol. The Morgan fingerprint density at radius 1 is 1.41 bits per heavy atom. The number of hydrogen-bond acceptors (Lipinski definition) is 2. The maximum atomic E-state index is 12.7. The highest BCUT2D eigenvalue weighted by Crippen LogP contribution is 2.05. The van der Waals surface area contributed by atoms with Crippen molar-refractivity contribution >= 4 is 5.91 Å². The van der Waals surface area contributed by atoms with Crippen LogP contribution >= 0.6 is 0 Å². The first-order valence-corrected chi connectivity index (χ1v) is 5.73. The molecular weight excluding hydrogens is 221 g/mol. The lowest BCUT2D eigenvalue weighted by Crippen LogP contribution is -2.36. The van der Waals surface area contributed by atoms with Crippen LogP contribution in [0.5, 0.6) is 0 Å². The highest BCUT2D eigenvalue weighted by molar-refractivity contribution is 5.77. The summed E-state index contributed by atoms with van der Waals surface area (Å²) in [5.41, 5.74) is 0.996. The number of rotatable bonds is 6. The smallest absolute Gasteiger partial charge is 0.246 e. The van der Waals surface area contributed by atoms with Gasteiger partial charge in [-0.25, -0.2) is 4.39 Å². The minimum Gasteiger partial charge on any atom is -0.372 e. The molecule has 1 aromatic carbocycles. The fourth-order valence-electron chi connectivity index (χ4n) is 1.54. The maximum Gasteiger partial charge on any atom is 0.246 e. The third-order valence-electron chi connectivity index (χ3n) is 2.30. The second-order valence-electron chi connectivity index (χ2n) is 3.94. The summed E-state index contributed by atoms with van der Waals surface area (Å²) in [7, 11) is 0. The van der Waals surface area contributed by atoms with Gasteiger partial charge in [-0.05, 0) is 38.0 Å². The third-order valence-corrected chi connectivity index (χ3v) is 2.30. The summed E-state index contributed by atoms with van der Waals surface area (Å²) in [6.45, 7) is 4.37. The molecule has 3 nitrogen and oxygen atoms in total. The summed E-state index contributed by atoms with van der Waals surface area (Å²) in [5.74, 6) is -0.372. The van der Waals surface area contributed by atoms with Gasteiger partial charge in [0.1, 0.15) is 12.4 Å². The molecule has 1 N–H and O–H groups in total. The average Bonchev–Trinajstić information content (AvgIpc) is 2.29. The highest BCUT2D eigenvalue weighted by Gasteiger charge is 2.07. The van der Waals surface area contributed by atoms with Crippen molar-refractivity contribution in [1.82, 2.24) is 5.32 Å². The Balaban J connectivity index is 2.36. The molecular formula is C13H18FNO2. The molecule has 1 unspecified atom stereocenters. The van der Waals surface area contributed by atoms with Gasteiger partial charge in [-0.1, -0.05) is 12.1 Å². The molecule has 0 aliphatic carbocycles. The normalized spacial score (nSPS) is 12.2. The van der Waals surface area contributed by atoms with E-state index in [4.69, 9.17) is 4.74 Å². The molecule has 0 spiro atoms. The van der Waals surface area contributed by atoms with Gasteiger partial charge >= 0.3 is 0 Å². The van der Waals surface area contributed by atoms with E-state index in [2.05, 4.69) is 5.32 Å². The molecule has 0 radical (unpaired) electrons. The van der Waals surface area contributed by atoms with Crippen LogP contribution in [0.2, 0.25) is 0 Å². The van der Waals surface area contributed by atoms with Crippen molar-refractivity contribution in [2.45, 2.75) is 26.3 Å². The molecule has 4 heteroatoms. The third kappa shape index (κ3) is 5.45. The van der Waals surface area contributed by atoms with E-state index < -0.39 is 0 Å². The van der Waals surface area contributed by atoms with Gasteiger partial charge in [-0.15, -0.1) is 0 Å². The van der Waals surface area contributed by atoms with Gasteiger partial charge in [0, 0.05) is 12.6 Å². The zero-order chi connectivity index (χ0) is 12.7. The molecule has 0 aliphatic heterocycles. The minimum atomic E-state index is -0.248. The first-order chi connectivity index (χ1) is 8.11. The van der Waals surface area contributed by atoms with E-state index in [0.717, 1.165) is 5.56 Å².